The second-order valence-electron chi connectivity index (χ2n) is 3.52. The van der Waals surface area contributed by atoms with Gasteiger partial charge in [-0.2, -0.15) is 5.26 Å². The fraction of sp³-hybridized carbons (Fsp3) is 0.333. The van der Waals surface area contributed by atoms with E-state index >= 15 is 0 Å². The molecular weight excluding hydrogens is 204 g/mol. The van der Waals surface area contributed by atoms with Crippen LogP contribution in [0.5, 0.6) is 0 Å². The van der Waals surface area contributed by atoms with E-state index in [1.54, 1.807) is 0 Å². The highest BCUT2D eigenvalue weighted by Gasteiger charge is 2.11. The third-order valence-corrected chi connectivity index (χ3v) is 2.32. The van der Waals surface area contributed by atoms with Gasteiger partial charge in [0.1, 0.15) is 6.04 Å². The Labute approximate surface area is 94.5 Å². The first-order chi connectivity index (χ1) is 7.65. The lowest BCUT2D eigenvalue weighted by Gasteiger charge is -2.13. The molecule has 1 rings (SSSR count). The standard InChI is InChI=1S/C12H14N2O2/c1-9-4-2-3-5-10(9)11(8-13)14-7-6-12(15)16/h2-5,11,14H,6-7H2,1H3,(H,15,16). The number of nitriles is 1. The SMILES string of the molecule is Cc1ccccc1C(C#N)NCCC(=O)O. The molecular formula is C12H14N2O2. The quantitative estimate of drug-likeness (QED) is 0.787. The van der Waals surface area contributed by atoms with Gasteiger partial charge in [0.15, 0.2) is 0 Å². The number of benzene rings is 1. The number of hydrogen-bond acceptors (Lipinski definition) is 3. The fourth-order valence-electron chi connectivity index (χ4n) is 1.46. The van der Waals surface area contributed by atoms with Crippen LogP contribution < -0.4 is 5.32 Å². The molecule has 0 saturated carbocycles. The van der Waals surface area contributed by atoms with Crippen LogP contribution in [-0.2, 0) is 4.79 Å². The van der Waals surface area contributed by atoms with Crippen LogP contribution in [0, 0.1) is 18.3 Å². The van der Waals surface area contributed by atoms with Crippen LogP contribution in [0.1, 0.15) is 23.6 Å². The Morgan fingerprint density at radius 2 is 2.25 bits per heavy atom. The van der Waals surface area contributed by atoms with Crippen LogP contribution in [0.2, 0.25) is 0 Å². The number of carboxylic acid groups (broad SMARTS) is 1. The highest BCUT2D eigenvalue weighted by molar-refractivity contribution is 5.66. The minimum atomic E-state index is -0.867. The maximum absolute atomic E-state index is 10.3. The van der Waals surface area contributed by atoms with Gasteiger partial charge in [-0.05, 0) is 18.1 Å². The lowest BCUT2D eigenvalue weighted by Crippen LogP contribution is -2.23. The summed E-state index contributed by atoms with van der Waals surface area (Å²) in [6.07, 6.45) is 0.0179. The second-order valence-corrected chi connectivity index (χ2v) is 3.52. The summed E-state index contributed by atoms with van der Waals surface area (Å²) in [6, 6.07) is 9.26. The van der Waals surface area contributed by atoms with Gasteiger partial charge in [-0.3, -0.25) is 10.1 Å². The first-order valence-corrected chi connectivity index (χ1v) is 5.05. The minimum absolute atomic E-state index is 0.0179. The average Bonchev–Trinajstić information content (AvgIpc) is 2.25. The number of nitrogens with one attached hydrogen (secondary N) is 1. The number of carboxylic acids is 1. The predicted molar refractivity (Wildman–Crippen MR) is 59.8 cm³/mol. The number of carbonyl (C=O) groups is 1. The van der Waals surface area contributed by atoms with Gasteiger partial charge in [0, 0.05) is 6.54 Å². The summed E-state index contributed by atoms with van der Waals surface area (Å²) in [4.78, 5) is 10.3. The first-order valence-electron chi connectivity index (χ1n) is 5.05. The zero-order valence-electron chi connectivity index (χ0n) is 9.10. The summed E-state index contributed by atoms with van der Waals surface area (Å²) >= 11 is 0. The van der Waals surface area contributed by atoms with Crippen LogP contribution in [0.15, 0.2) is 24.3 Å². The third kappa shape index (κ3) is 3.37. The molecule has 0 aliphatic carbocycles. The second kappa shape index (κ2) is 5.89. The van der Waals surface area contributed by atoms with E-state index in [0.717, 1.165) is 11.1 Å². The summed E-state index contributed by atoms with van der Waals surface area (Å²) in [6.45, 7) is 2.22. The molecule has 0 bridgehead atoms. The summed E-state index contributed by atoms with van der Waals surface area (Å²) in [5.41, 5.74) is 1.92. The van der Waals surface area contributed by atoms with Crippen molar-refractivity contribution in [1.29, 1.82) is 5.26 Å². The molecule has 0 heterocycles. The van der Waals surface area contributed by atoms with Crippen molar-refractivity contribution in [3.8, 4) is 6.07 Å². The summed E-state index contributed by atoms with van der Waals surface area (Å²) in [7, 11) is 0. The molecule has 1 aromatic carbocycles. The maximum Gasteiger partial charge on any atom is 0.304 e. The summed E-state index contributed by atoms with van der Waals surface area (Å²) < 4.78 is 0. The molecule has 0 amide bonds. The van der Waals surface area contributed by atoms with Crippen molar-refractivity contribution in [1.82, 2.24) is 5.32 Å². The highest BCUT2D eigenvalue weighted by atomic mass is 16.4. The highest BCUT2D eigenvalue weighted by Crippen LogP contribution is 2.16. The normalized spacial score (nSPS) is 11.8. The smallest absolute Gasteiger partial charge is 0.304 e. The van der Waals surface area contributed by atoms with E-state index in [1.165, 1.54) is 0 Å². The van der Waals surface area contributed by atoms with Crippen molar-refractivity contribution >= 4 is 5.97 Å². The Morgan fingerprint density at radius 3 is 2.81 bits per heavy atom. The van der Waals surface area contributed by atoms with Gasteiger partial charge in [-0.15, -0.1) is 0 Å². The lowest BCUT2D eigenvalue weighted by molar-refractivity contribution is -0.136. The fourth-order valence-corrected chi connectivity index (χ4v) is 1.46. The predicted octanol–water partition coefficient (Wildman–Crippen LogP) is 1.62. The van der Waals surface area contributed by atoms with Crippen LogP contribution >= 0.6 is 0 Å². The van der Waals surface area contributed by atoms with E-state index in [4.69, 9.17) is 10.4 Å². The van der Waals surface area contributed by atoms with Crippen molar-refractivity contribution in [2.24, 2.45) is 0 Å². The van der Waals surface area contributed by atoms with E-state index in [9.17, 15) is 4.79 Å². The first kappa shape index (κ1) is 12.2. The number of hydrogen-bond donors (Lipinski definition) is 2. The summed E-state index contributed by atoms with van der Waals surface area (Å²) in [5.74, 6) is -0.867. The van der Waals surface area contributed by atoms with Crippen molar-refractivity contribution in [3.05, 3.63) is 35.4 Å². The van der Waals surface area contributed by atoms with Gasteiger partial charge in [0.25, 0.3) is 0 Å². The topological polar surface area (TPSA) is 73.1 Å². The van der Waals surface area contributed by atoms with Crippen molar-refractivity contribution < 1.29 is 9.90 Å². The average molecular weight is 218 g/mol. The number of aliphatic carboxylic acids is 1. The van der Waals surface area contributed by atoms with Gasteiger partial charge in [-0.1, -0.05) is 24.3 Å². The van der Waals surface area contributed by atoms with Gasteiger partial charge in [-0.25, -0.2) is 0 Å². The Kier molecular flexibility index (Phi) is 4.49. The van der Waals surface area contributed by atoms with Crippen molar-refractivity contribution in [2.75, 3.05) is 6.54 Å². The molecule has 0 aromatic heterocycles. The van der Waals surface area contributed by atoms with Crippen molar-refractivity contribution in [2.45, 2.75) is 19.4 Å². The molecule has 84 valence electrons. The molecule has 0 spiro atoms. The molecule has 1 unspecified atom stereocenters. The zero-order valence-corrected chi connectivity index (χ0v) is 9.10. The van der Waals surface area contributed by atoms with Crippen LogP contribution in [0.4, 0.5) is 0 Å². The lowest BCUT2D eigenvalue weighted by atomic mass is 10.0. The molecule has 0 aliphatic heterocycles. The van der Waals surface area contributed by atoms with Crippen LogP contribution in [0.25, 0.3) is 0 Å². The largest absolute Gasteiger partial charge is 0.481 e. The van der Waals surface area contributed by atoms with E-state index in [2.05, 4.69) is 11.4 Å². The molecule has 2 N–H and O–H groups in total. The maximum atomic E-state index is 10.3. The van der Waals surface area contributed by atoms with E-state index in [0.29, 0.717) is 6.54 Å². The third-order valence-electron chi connectivity index (χ3n) is 2.32. The van der Waals surface area contributed by atoms with Crippen LogP contribution in [0.3, 0.4) is 0 Å². The van der Waals surface area contributed by atoms with Crippen LogP contribution in [-0.4, -0.2) is 17.6 Å². The van der Waals surface area contributed by atoms with E-state index < -0.39 is 12.0 Å². The van der Waals surface area contributed by atoms with Crippen molar-refractivity contribution in [3.63, 3.8) is 0 Å². The molecule has 4 heteroatoms. The van der Waals surface area contributed by atoms with Gasteiger partial charge in [0.05, 0.1) is 12.5 Å². The summed E-state index contributed by atoms with van der Waals surface area (Å²) in [5, 5.41) is 20.4. The minimum Gasteiger partial charge on any atom is -0.481 e. The number of nitrogens with zero attached hydrogens (tertiary/aromatic N) is 1. The van der Waals surface area contributed by atoms with Gasteiger partial charge >= 0.3 is 5.97 Å². The molecule has 4 nitrogen and oxygen atoms in total. The Balaban J connectivity index is 2.65. The number of aryl methyl sites for hydroxylation is 1. The van der Waals surface area contributed by atoms with E-state index in [1.807, 2.05) is 31.2 Å². The Morgan fingerprint density at radius 1 is 1.56 bits per heavy atom. The molecule has 0 fully saturated rings. The molecule has 0 aliphatic rings. The monoisotopic (exact) mass is 218 g/mol. The zero-order chi connectivity index (χ0) is 12.0. The molecule has 1 aromatic rings. The van der Waals surface area contributed by atoms with Gasteiger partial charge in [0.2, 0.25) is 0 Å². The molecule has 1 atom stereocenters. The molecule has 0 radical (unpaired) electrons. The molecule has 0 saturated heterocycles. The Hall–Kier alpha value is -1.86. The molecule has 16 heavy (non-hydrogen) atoms. The Bertz CT molecular complexity index is 410. The van der Waals surface area contributed by atoms with Gasteiger partial charge < -0.3 is 5.11 Å². The van der Waals surface area contributed by atoms with E-state index in [-0.39, 0.29) is 6.42 Å². The number of rotatable bonds is 5.